The number of hydrogen-bond donors (Lipinski definition) is 2. The molecule has 36 heavy (non-hydrogen) atoms. The van der Waals surface area contributed by atoms with Crippen LogP contribution in [0.15, 0.2) is 65.8 Å². The van der Waals surface area contributed by atoms with Gasteiger partial charge in [-0.25, -0.2) is 0 Å². The van der Waals surface area contributed by atoms with Crippen LogP contribution >= 0.6 is 0 Å². The van der Waals surface area contributed by atoms with Crippen LogP contribution in [0.5, 0.6) is 0 Å². The summed E-state index contributed by atoms with van der Waals surface area (Å²) in [6.45, 7) is 14.0. The summed E-state index contributed by atoms with van der Waals surface area (Å²) in [7, 11) is 0. The second kappa shape index (κ2) is 11.8. The lowest BCUT2D eigenvalue weighted by Crippen LogP contribution is -2.39. The molecule has 0 spiro atoms. The molecule has 0 aliphatic heterocycles. The molecule has 198 valence electrons. The Morgan fingerprint density at radius 1 is 1.06 bits per heavy atom. The number of benzene rings is 1. The van der Waals surface area contributed by atoms with Crippen LogP contribution in [0.2, 0.25) is 0 Å². The first-order valence-corrected chi connectivity index (χ1v) is 14.7. The van der Waals surface area contributed by atoms with E-state index < -0.39 is 12.2 Å². The lowest BCUT2D eigenvalue weighted by atomic mass is 9.60. The van der Waals surface area contributed by atoms with Gasteiger partial charge in [0.05, 0.1) is 12.2 Å². The monoisotopic (exact) mass is 490 g/mol. The summed E-state index contributed by atoms with van der Waals surface area (Å²) in [5, 5.41) is 22.0. The third-order valence-corrected chi connectivity index (χ3v) is 10.1. The van der Waals surface area contributed by atoms with E-state index in [4.69, 9.17) is 0 Å². The van der Waals surface area contributed by atoms with E-state index in [9.17, 15) is 10.2 Å². The number of hydrogen-bond acceptors (Lipinski definition) is 2. The highest BCUT2D eigenvalue weighted by Gasteiger charge is 2.50. The van der Waals surface area contributed by atoms with E-state index >= 15 is 0 Å². The van der Waals surface area contributed by atoms with Gasteiger partial charge in [-0.05, 0) is 90.7 Å². The van der Waals surface area contributed by atoms with Crippen molar-refractivity contribution < 1.29 is 10.2 Å². The van der Waals surface area contributed by atoms with Crippen molar-refractivity contribution in [3.63, 3.8) is 0 Å². The normalized spacial score (nSPS) is 36.0. The topological polar surface area (TPSA) is 40.5 Å². The highest BCUT2D eigenvalue weighted by atomic mass is 16.3. The first-order chi connectivity index (χ1) is 17.2. The summed E-state index contributed by atoms with van der Waals surface area (Å²) in [6, 6.07) is 10.2. The number of fused-ring (bicyclic) bond motifs is 1. The van der Waals surface area contributed by atoms with Gasteiger partial charge in [-0.15, -0.1) is 0 Å². The first kappa shape index (κ1) is 27.4. The Morgan fingerprint density at radius 2 is 1.81 bits per heavy atom. The van der Waals surface area contributed by atoms with E-state index in [0.717, 1.165) is 34.5 Å². The molecule has 0 saturated heterocycles. The molecule has 0 amide bonds. The first-order valence-electron chi connectivity index (χ1n) is 14.7. The average Bonchev–Trinajstić information content (AvgIpc) is 3.21. The third kappa shape index (κ3) is 5.91. The summed E-state index contributed by atoms with van der Waals surface area (Å²) >= 11 is 0. The largest absolute Gasteiger partial charge is 0.392 e. The highest BCUT2D eigenvalue weighted by Crippen LogP contribution is 2.60. The molecular formula is C34H50O2. The minimum absolute atomic E-state index is 0.199. The zero-order valence-corrected chi connectivity index (χ0v) is 23.3. The van der Waals surface area contributed by atoms with Crippen molar-refractivity contribution in [2.45, 2.75) is 104 Å². The van der Waals surface area contributed by atoms with Gasteiger partial charge in [0, 0.05) is 5.92 Å². The Balaban J connectivity index is 1.44. The van der Waals surface area contributed by atoms with Gasteiger partial charge in [-0.3, -0.25) is 0 Å². The fraction of sp³-hybridized carbons (Fsp3) is 0.647. The molecule has 7 atom stereocenters. The van der Waals surface area contributed by atoms with E-state index in [2.05, 4.69) is 58.6 Å². The van der Waals surface area contributed by atoms with Crippen LogP contribution in [0.4, 0.5) is 0 Å². The molecule has 0 bridgehead atoms. The van der Waals surface area contributed by atoms with Gasteiger partial charge in [0.2, 0.25) is 0 Å². The minimum atomic E-state index is -0.697. The summed E-state index contributed by atoms with van der Waals surface area (Å²) in [5.41, 5.74) is 4.98. The van der Waals surface area contributed by atoms with Crippen molar-refractivity contribution in [1.82, 2.24) is 0 Å². The molecule has 3 fully saturated rings. The molecule has 1 aromatic rings. The fourth-order valence-corrected chi connectivity index (χ4v) is 7.95. The predicted octanol–water partition coefficient (Wildman–Crippen LogP) is 8.06. The van der Waals surface area contributed by atoms with Gasteiger partial charge in [-0.2, -0.15) is 0 Å². The van der Waals surface area contributed by atoms with Crippen LogP contribution in [0.3, 0.4) is 0 Å². The predicted molar refractivity (Wildman–Crippen MR) is 152 cm³/mol. The van der Waals surface area contributed by atoms with E-state index in [0.29, 0.717) is 24.2 Å². The molecule has 2 nitrogen and oxygen atoms in total. The van der Waals surface area contributed by atoms with E-state index in [1.54, 1.807) is 5.57 Å². The molecular weight excluding hydrogens is 440 g/mol. The van der Waals surface area contributed by atoms with Crippen LogP contribution in [0.25, 0.3) is 0 Å². The quantitative estimate of drug-likeness (QED) is 0.387. The van der Waals surface area contributed by atoms with Crippen LogP contribution in [0.1, 0.15) is 91.0 Å². The maximum absolute atomic E-state index is 11.0. The number of aliphatic hydroxyl groups is 2. The Morgan fingerprint density at radius 3 is 2.53 bits per heavy atom. The van der Waals surface area contributed by atoms with Gasteiger partial charge >= 0.3 is 0 Å². The van der Waals surface area contributed by atoms with Crippen molar-refractivity contribution in [2.75, 3.05) is 0 Å². The lowest BCUT2D eigenvalue weighted by molar-refractivity contribution is 0.0187. The number of rotatable bonds is 8. The van der Waals surface area contributed by atoms with Crippen LogP contribution in [-0.2, 0) is 6.42 Å². The molecule has 4 rings (SSSR count). The highest BCUT2D eigenvalue weighted by molar-refractivity contribution is 5.40. The van der Waals surface area contributed by atoms with Crippen LogP contribution in [0, 0.1) is 35.0 Å². The molecule has 3 aliphatic carbocycles. The molecule has 3 aliphatic rings. The Bertz CT molecular complexity index is 941. The number of allylic oxidation sites excluding steroid dienone is 3. The van der Waals surface area contributed by atoms with E-state index in [1.807, 2.05) is 18.2 Å². The SMILES string of the molecule is C=C1/C(=C\C=C2/CCC[C@]3(C)[C@@H]([C@H](C)CCCC(C)C)CC[C@@H]23)C[C@@H](O)[C@H](Cc2ccccc2)[C@@H]1O. The standard InChI is InChI=1S/C34H50O2/c1-23(2)11-9-12-24(3)30-18-19-31-27(15-10-20-34(30,31)5)16-17-28-22-32(35)29(33(36)25(28)4)21-26-13-7-6-8-14-26/h6-8,13-14,16-17,23-24,29-33,35-36H,4,9-12,15,18-22H2,1-3,5H3/b27-16+,28-17-/t24-,29+,30-,31+,32-,33-,34-/m1/s1. The zero-order valence-electron chi connectivity index (χ0n) is 23.3. The molecule has 3 saturated carbocycles. The lowest BCUT2D eigenvalue weighted by Gasteiger charge is -2.44. The maximum atomic E-state index is 11.0. The van der Waals surface area contributed by atoms with E-state index in [-0.39, 0.29) is 5.92 Å². The molecule has 0 heterocycles. The summed E-state index contributed by atoms with van der Waals surface area (Å²) < 4.78 is 0. The second-order valence-corrected chi connectivity index (χ2v) is 12.9. The summed E-state index contributed by atoms with van der Waals surface area (Å²) in [5.74, 6) is 2.93. The Hall–Kier alpha value is -1.64. The van der Waals surface area contributed by atoms with Crippen molar-refractivity contribution in [1.29, 1.82) is 0 Å². The zero-order chi connectivity index (χ0) is 25.9. The molecule has 2 heteroatoms. The van der Waals surface area contributed by atoms with E-state index in [1.165, 1.54) is 51.4 Å². The third-order valence-electron chi connectivity index (χ3n) is 10.1. The van der Waals surface area contributed by atoms with Gasteiger partial charge in [0.1, 0.15) is 0 Å². The second-order valence-electron chi connectivity index (χ2n) is 12.9. The van der Waals surface area contributed by atoms with Crippen LogP contribution < -0.4 is 0 Å². The molecule has 0 aromatic heterocycles. The maximum Gasteiger partial charge on any atom is 0.0843 e. The fourth-order valence-electron chi connectivity index (χ4n) is 7.95. The van der Waals surface area contributed by atoms with Crippen molar-refractivity contribution in [2.24, 2.45) is 35.0 Å². The molecule has 0 unspecified atom stereocenters. The summed E-state index contributed by atoms with van der Waals surface area (Å²) in [4.78, 5) is 0. The smallest absolute Gasteiger partial charge is 0.0843 e. The summed E-state index contributed by atoms with van der Waals surface area (Å²) in [6.07, 6.45) is 15.1. The molecule has 2 N–H and O–H groups in total. The average molecular weight is 491 g/mol. The van der Waals surface area contributed by atoms with Gasteiger partial charge in [0.25, 0.3) is 0 Å². The van der Waals surface area contributed by atoms with Crippen molar-refractivity contribution in [3.05, 3.63) is 71.3 Å². The Kier molecular flexibility index (Phi) is 9.00. The molecule has 1 aromatic carbocycles. The Labute approximate surface area is 220 Å². The van der Waals surface area contributed by atoms with Gasteiger partial charge < -0.3 is 10.2 Å². The van der Waals surface area contributed by atoms with Crippen molar-refractivity contribution in [3.8, 4) is 0 Å². The minimum Gasteiger partial charge on any atom is -0.392 e. The van der Waals surface area contributed by atoms with Crippen LogP contribution in [-0.4, -0.2) is 22.4 Å². The number of aliphatic hydroxyl groups excluding tert-OH is 2. The van der Waals surface area contributed by atoms with Crippen molar-refractivity contribution >= 4 is 0 Å². The van der Waals surface area contributed by atoms with Gasteiger partial charge in [-0.1, -0.05) is 102 Å². The van der Waals surface area contributed by atoms with Gasteiger partial charge in [0.15, 0.2) is 0 Å². The molecule has 0 radical (unpaired) electrons.